The third-order valence-electron chi connectivity index (χ3n) is 3.70. The number of nitrogens with two attached hydrogens (primary N) is 1. The lowest BCUT2D eigenvalue weighted by molar-refractivity contribution is -0.122. The van der Waals surface area contributed by atoms with Crippen molar-refractivity contribution in [2.24, 2.45) is 5.73 Å². The minimum absolute atomic E-state index is 0.261. The molecule has 0 radical (unpaired) electrons. The normalized spacial score (nSPS) is 11.8. The maximum atomic E-state index is 12.8. The highest BCUT2D eigenvalue weighted by Gasteiger charge is 2.15. The molecule has 1 atom stereocenters. The fraction of sp³-hybridized carbons (Fsp3) is 0.235. The Morgan fingerprint density at radius 2 is 1.67 bits per heavy atom. The molecule has 0 unspecified atom stereocenters. The maximum Gasteiger partial charge on any atom is 0.488 e. The van der Waals surface area contributed by atoms with E-state index in [4.69, 9.17) is 15.8 Å². The van der Waals surface area contributed by atoms with Crippen LogP contribution in [0, 0.1) is 5.82 Å². The SMILES string of the molecule is N[C@@H](Cc1ccc(B(O)O)cc1)C(=O)NCCc1ccc(F)cc1. The summed E-state index contributed by atoms with van der Waals surface area (Å²) in [6, 6.07) is 12.0. The number of rotatable bonds is 7. The average Bonchev–Trinajstić information content (AvgIpc) is 2.57. The van der Waals surface area contributed by atoms with Crippen molar-refractivity contribution in [3.63, 3.8) is 0 Å². The van der Waals surface area contributed by atoms with Gasteiger partial charge in [-0.25, -0.2) is 4.39 Å². The molecule has 0 aliphatic rings. The maximum absolute atomic E-state index is 12.8. The minimum Gasteiger partial charge on any atom is -0.423 e. The van der Waals surface area contributed by atoms with Gasteiger partial charge in [-0.05, 0) is 41.6 Å². The van der Waals surface area contributed by atoms with E-state index >= 15 is 0 Å². The van der Waals surface area contributed by atoms with Crippen LogP contribution in [0.4, 0.5) is 4.39 Å². The monoisotopic (exact) mass is 330 g/mol. The first kappa shape index (κ1) is 18.1. The van der Waals surface area contributed by atoms with Gasteiger partial charge in [0.2, 0.25) is 5.91 Å². The number of carbonyl (C=O) groups is 1. The van der Waals surface area contributed by atoms with Crippen LogP contribution < -0.4 is 16.5 Å². The molecule has 0 aliphatic carbocycles. The van der Waals surface area contributed by atoms with Gasteiger partial charge in [0.25, 0.3) is 0 Å². The van der Waals surface area contributed by atoms with Crippen LogP contribution in [0.2, 0.25) is 0 Å². The molecule has 24 heavy (non-hydrogen) atoms. The zero-order valence-electron chi connectivity index (χ0n) is 13.2. The van der Waals surface area contributed by atoms with Gasteiger partial charge in [0.15, 0.2) is 0 Å². The highest BCUT2D eigenvalue weighted by Crippen LogP contribution is 2.04. The van der Waals surface area contributed by atoms with E-state index < -0.39 is 13.2 Å². The zero-order chi connectivity index (χ0) is 17.5. The molecule has 5 N–H and O–H groups in total. The highest BCUT2D eigenvalue weighted by atomic mass is 19.1. The van der Waals surface area contributed by atoms with Gasteiger partial charge < -0.3 is 21.1 Å². The van der Waals surface area contributed by atoms with Crippen molar-refractivity contribution < 1.29 is 19.2 Å². The van der Waals surface area contributed by atoms with E-state index in [0.29, 0.717) is 24.8 Å². The van der Waals surface area contributed by atoms with E-state index in [-0.39, 0.29) is 11.7 Å². The van der Waals surface area contributed by atoms with Gasteiger partial charge >= 0.3 is 7.12 Å². The number of hydrogen-bond acceptors (Lipinski definition) is 4. The molecule has 2 rings (SSSR count). The zero-order valence-corrected chi connectivity index (χ0v) is 13.2. The van der Waals surface area contributed by atoms with Crippen molar-refractivity contribution in [3.8, 4) is 0 Å². The predicted octanol–water partition coefficient (Wildman–Crippen LogP) is -0.266. The van der Waals surface area contributed by atoms with Crippen LogP contribution in [0.25, 0.3) is 0 Å². The first-order valence-electron chi connectivity index (χ1n) is 7.68. The second-order valence-electron chi connectivity index (χ2n) is 5.59. The Morgan fingerprint density at radius 1 is 1.08 bits per heavy atom. The van der Waals surface area contributed by atoms with E-state index in [9.17, 15) is 9.18 Å². The molecule has 1 amide bonds. The fourth-order valence-corrected chi connectivity index (χ4v) is 2.28. The molecule has 0 spiro atoms. The van der Waals surface area contributed by atoms with Crippen molar-refractivity contribution in [1.82, 2.24) is 5.32 Å². The Morgan fingerprint density at radius 3 is 2.25 bits per heavy atom. The van der Waals surface area contributed by atoms with Crippen molar-refractivity contribution in [3.05, 3.63) is 65.5 Å². The second kappa shape index (κ2) is 8.59. The largest absolute Gasteiger partial charge is 0.488 e. The molecule has 0 aromatic heterocycles. The van der Waals surface area contributed by atoms with Gasteiger partial charge in [0.05, 0.1) is 6.04 Å². The number of nitrogens with one attached hydrogen (secondary N) is 1. The van der Waals surface area contributed by atoms with Crippen LogP contribution in [-0.2, 0) is 17.6 Å². The molecule has 5 nitrogen and oxygen atoms in total. The Hall–Kier alpha value is -2.22. The van der Waals surface area contributed by atoms with Gasteiger partial charge in [0, 0.05) is 6.54 Å². The molecule has 2 aromatic rings. The van der Waals surface area contributed by atoms with Crippen molar-refractivity contribution in [2.75, 3.05) is 6.54 Å². The van der Waals surface area contributed by atoms with Gasteiger partial charge in [0.1, 0.15) is 5.82 Å². The Kier molecular flexibility index (Phi) is 6.48. The standard InChI is InChI=1S/C17H20BFN2O3/c19-15-7-3-12(4-8-15)9-10-21-17(22)16(20)11-13-1-5-14(6-2-13)18(23)24/h1-8,16,23-24H,9-11,20H2,(H,21,22)/t16-/m0/s1. The van der Waals surface area contributed by atoms with Gasteiger partial charge in [-0.1, -0.05) is 36.4 Å². The molecule has 7 heteroatoms. The predicted molar refractivity (Wildman–Crippen MR) is 91.1 cm³/mol. The Balaban J connectivity index is 1.78. The van der Waals surface area contributed by atoms with Crippen LogP contribution >= 0.6 is 0 Å². The van der Waals surface area contributed by atoms with Crippen molar-refractivity contribution in [2.45, 2.75) is 18.9 Å². The number of amides is 1. The summed E-state index contributed by atoms with van der Waals surface area (Å²) in [4.78, 5) is 12.0. The molecule has 0 bridgehead atoms. The summed E-state index contributed by atoms with van der Waals surface area (Å²) in [5.41, 5.74) is 8.04. The van der Waals surface area contributed by atoms with E-state index in [1.807, 2.05) is 0 Å². The molecular formula is C17H20BFN2O3. The molecule has 0 aliphatic heterocycles. The summed E-state index contributed by atoms with van der Waals surface area (Å²) in [7, 11) is -1.51. The van der Waals surface area contributed by atoms with Crippen LogP contribution in [-0.4, -0.2) is 35.7 Å². The smallest absolute Gasteiger partial charge is 0.423 e. The fourth-order valence-electron chi connectivity index (χ4n) is 2.28. The molecule has 0 heterocycles. The lowest BCUT2D eigenvalue weighted by atomic mass is 9.80. The molecular weight excluding hydrogens is 310 g/mol. The lowest BCUT2D eigenvalue weighted by Gasteiger charge is -2.13. The van der Waals surface area contributed by atoms with Crippen LogP contribution in [0.1, 0.15) is 11.1 Å². The topological polar surface area (TPSA) is 95.6 Å². The van der Waals surface area contributed by atoms with Gasteiger partial charge in [-0.2, -0.15) is 0 Å². The Bertz CT molecular complexity index is 663. The first-order valence-corrected chi connectivity index (χ1v) is 7.68. The summed E-state index contributed by atoms with van der Waals surface area (Å²) in [5.74, 6) is -0.548. The number of halogens is 1. The summed E-state index contributed by atoms with van der Waals surface area (Å²) in [6.07, 6.45) is 0.950. The van der Waals surface area contributed by atoms with Crippen LogP contribution in [0.3, 0.4) is 0 Å². The third-order valence-corrected chi connectivity index (χ3v) is 3.70. The van der Waals surface area contributed by atoms with Gasteiger partial charge in [-0.15, -0.1) is 0 Å². The Labute approximate surface area is 140 Å². The minimum atomic E-state index is -1.51. The summed E-state index contributed by atoms with van der Waals surface area (Å²) in [6.45, 7) is 0.424. The molecule has 2 aromatic carbocycles. The van der Waals surface area contributed by atoms with E-state index in [2.05, 4.69) is 5.32 Å². The summed E-state index contributed by atoms with van der Waals surface area (Å²) >= 11 is 0. The third kappa shape index (κ3) is 5.45. The summed E-state index contributed by atoms with van der Waals surface area (Å²) < 4.78 is 12.8. The quantitative estimate of drug-likeness (QED) is 0.526. The van der Waals surface area contributed by atoms with Gasteiger partial charge in [-0.3, -0.25) is 4.79 Å². The van der Waals surface area contributed by atoms with Crippen molar-refractivity contribution >= 4 is 18.5 Å². The number of carbonyl (C=O) groups excluding carboxylic acids is 1. The first-order chi connectivity index (χ1) is 11.5. The lowest BCUT2D eigenvalue weighted by Crippen LogP contribution is -2.42. The average molecular weight is 330 g/mol. The van der Waals surface area contributed by atoms with E-state index in [0.717, 1.165) is 11.1 Å². The van der Waals surface area contributed by atoms with Crippen LogP contribution in [0.15, 0.2) is 48.5 Å². The van der Waals surface area contributed by atoms with E-state index in [1.54, 1.807) is 36.4 Å². The second-order valence-corrected chi connectivity index (χ2v) is 5.59. The molecule has 0 saturated heterocycles. The van der Waals surface area contributed by atoms with E-state index in [1.165, 1.54) is 12.1 Å². The van der Waals surface area contributed by atoms with Crippen LogP contribution in [0.5, 0.6) is 0 Å². The molecule has 126 valence electrons. The highest BCUT2D eigenvalue weighted by molar-refractivity contribution is 6.58. The molecule has 0 saturated carbocycles. The number of benzene rings is 2. The molecule has 0 fully saturated rings. The van der Waals surface area contributed by atoms with Crippen molar-refractivity contribution in [1.29, 1.82) is 0 Å². The number of hydrogen-bond donors (Lipinski definition) is 4. The summed E-state index contributed by atoms with van der Waals surface area (Å²) in [5, 5.41) is 20.8.